The van der Waals surface area contributed by atoms with Gasteiger partial charge in [-0.15, -0.1) is 11.3 Å². The van der Waals surface area contributed by atoms with Crippen molar-refractivity contribution in [2.24, 2.45) is 0 Å². The second-order valence-corrected chi connectivity index (χ2v) is 6.61. The quantitative estimate of drug-likeness (QED) is 0.800. The molecule has 21 heavy (non-hydrogen) atoms. The van der Waals surface area contributed by atoms with Crippen LogP contribution >= 0.6 is 22.9 Å². The van der Waals surface area contributed by atoms with Gasteiger partial charge in [-0.25, -0.2) is 4.98 Å². The van der Waals surface area contributed by atoms with Crippen molar-refractivity contribution in [3.63, 3.8) is 0 Å². The Kier molecular flexibility index (Phi) is 3.37. The van der Waals surface area contributed by atoms with Crippen LogP contribution in [0.25, 0.3) is 10.2 Å². The maximum absolute atomic E-state index is 5.98. The zero-order valence-electron chi connectivity index (χ0n) is 11.2. The Morgan fingerprint density at radius 2 is 2.24 bits per heavy atom. The highest BCUT2D eigenvalue weighted by molar-refractivity contribution is 7.18. The average molecular weight is 321 g/mol. The van der Waals surface area contributed by atoms with Gasteiger partial charge in [0.05, 0.1) is 21.3 Å². The molecule has 2 aromatic heterocycles. The van der Waals surface area contributed by atoms with Crippen molar-refractivity contribution < 1.29 is 4.52 Å². The highest BCUT2D eigenvalue weighted by Crippen LogP contribution is 2.26. The molecular formula is C14H13ClN4OS. The molecule has 7 heteroatoms. The van der Waals surface area contributed by atoms with Gasteiger partial charge in [0.15, 0.2) is 5.82 Å². The number of nitrogens with one attached hydrogen (secondary N) is 1. The first kappa shape index (κ1) is 13.2. The Labute approximate surface area is 130 Å². The fourth-order valence-corrected chi connectivity index (χ4v) is 3.40. The van der Waals surface area contributed by atoms with Gasteiger partial charge < -0.3 is 9.84 Å². The summed E-state index contributed by atoms with van der Waals surface area (Å²) in [5.41, 5.74) is 0.951. The molecule has 0 spiro atoms. The van der Waals surface area contributed by atoms with E-state index in [-0.39, 0.29) is 6.04 Å². The summed E-state index contributed by atoms with van der Waals surface area (Å²) in [6.07, 6.45) is 2.60. The number of hydrogen-bond acceptors (Lipinski definition) is 6. The standard InChI is InChI=1S/C14H13ClN4OS/c15-8-1-2-11-10(7-8)17-13(21-11)4-3-12-18-14(19-20-12)9-5-6-16-9/h1-2,7,9,16H,3-6H2. The van der Waals surface area contributed by atoms with Crippen molar-refractivity contribution in [3.05, 3.63) is 39.9 Å². The van der Waals surface area contributed by atoms with Gasteiger partial charge in [-0.2, -0.15) is 4.98 Å². The Hall–Kier alpha value is -1.50. The van der Waals surface area contributed by atoms with E-state index < -0.39 is 0 Å². The van der Waals surface area contributed by atoms with Gasteiger partial charge in [-0.3, -0.25) is 0 Å². The summed E-state index contributed by atoms with van der Waals surface area (Å²) in [6.45, 7) is 1.03. The Morgan fingerprint density at radius 3 is 3.05 bits per heavy atom. The summed E-state index contributed by atoms with van der Waals surface area (Å²) in [5.74, 6) is 1.45. The third kappa shape index (κ3) is 2.66. The molecule has 0 radical (unpaired) electrons. The van der Waals surface area contributed by atoms with E-state index >= 15 is 0 Å². The third-order valence-electron chi connectivity index (χ3n) is 3.57. The zero-order chi connectivity index (χ0) is 14.2. The Balaban J connectivity index is 1.46. The summed E-state index contributed by atoms with van der Waals surface area (Å²) in [7, 11) is 0. The van der Waals surface area contributed by atoms with Crippen molar-refractivity contribution in [2.75, 3.05) is 6.54 Å². The largest absolute Gasteiger partial charge is 0.339 e. The minimum absolute atomic E-state index is 0.270. The SMILES string of the molecule is Clc1ccc2sc(CCc3nc(C4CCN4)no3)nc2c1. The van der Waals surface area contributed by atoms with Gasteiger partial charge in [-0.05, 0) is 31.2 Å². The van der Waals surface area contributed by atoms with Crippen LogP contribution in [0.15, 0.2) is 22.7 Å². The smallest absolute Gasteiger partial charge is 0.227 e. The van der Waals surface area contributed by atoms with E-state index in [0.717, 1.165) is 40.4 Å². The summed E-state index contributed by atoms with van der Waals surface area (Å²) in [4.78, 5) is 9.02. The van der Waals surface area contributed by atoms with Crippen LogP contribution in [0, 0.1) is 0 Å². The van der Waals surface area contributed by atoms with Crippen molar-refractivity contribution in [1.82, 2.24) is 20.4 Å². The molecule has 3 heterocycles. The number of benzene rings is 1. The predicted octanol–water partition coefficient (Wildman–Crippen LogP) is 3.15. The van der Waals surface area contributed by atoms with Gasteiger partial charge in [0.2, 0.25) is 5.89 Å². The van der Waals surface area contributed by atoms with E-state index in [4.69, 9.17) is 16.1 Å². The lowest BCUT2D eigenvalue weighted by Crippen LogP contribution is -2.35. The fraction of sp³-hybridized carbons (Fsp3) is 0.357. The van der Waals surface area contributed by atoms with Gasteiger partial charge in [-0.1, -0.05) is 16.8 Å². The van der Waals surface area contributed by atoms with E-state index in [2.05, 4.69) is 20.4 Å². The molecule has 0 saturated carbocycles. The lowest BCUT2D eigenvalue weighted by Gasteiger charge is -2.23. The number of fused-ring (bicyclic) bond motifs is 1. The zero-order valence-corrected chi connectivity index (χ0v) is 12.7. The number of aryl methyl sites for hydroxylation is 2. The van der Waals surface area contributed by atoms with Crippen LogP contribution in [-0.2, 0) is 12.8 Å². The molecule has 1 aromatic carbocycles. The van der Waals surface area contributed by atoms with Crippen molar-refractivity contribution in [3.8, 4) is 0 Å². The molecule has 5 nitrogen and oxygen atoms in total. The number of aromatic nitrogens is 3. The molecule has 3 aromatic rings. The first-order valence-corrected chi connectivity index (χ1v) is 8.08. The summed E-state index contributed by atoms with van der Waals surface area (Å²) in [5, 5.41) is 9.07. The number of hydrogen-bond donors (Lipinski definition) is 1. The molecule has 0 aliphatic carbocycles. The topological polar surface area (TPSA) is 63.8 Å². The van der Waals surface area contributed by atoms with E-state index in [1.807, 2.05) is 18.2 Å². The first-order chi connectivity index (χ1) is 10.3. The van der Waals surface area contributed by atoms with Crippen LogP contribution in [0.3, 0.4) is 0 Å². The van der Waals surface area contributed by atoms with Crippen LogP contribution in [0.2, 0.25) is 5.02 Å². The van der Waals surface area contributed by atoms with E-state index in [0.29, 0.717) is 17.3 Å². The first-order valence-electron chi connectivity index (χ1n) is 6.89. The molecule has 1 saturated heterocycles. The van der Waals surface area contributed by atoms with Crippen LogP contribution < -0.4 is 5.32 Å². The molecule has 1 unspecified atom stereocenters. The lowest BCUT2D eigenvalue weighted by molar-refractivity contribution is 0.331. The molecule has 4 rings (SSSR count). The van der Waals surface area contributed by atoms with Crippen LogP contribution in [0.1, 0.15) is 29.2 Å². The average Bonchev–Trinajstić information content (AvgIpc) is 3.00. The number of nitrogens with zero attached hydrogens (tertiary/aromatic N) is 3. The molecule has 0 amide bonds. The van der Waals surface area contributed by atoms with Gasteiger partial charge >= 0.3 is 0 Å². The molecule has 1 atom stereocenters. The maximum atomic E-state index is 5.98. The van der Waals surface area contributed by atoms with Crippen LogP contribution in [-0.4, -0.2) is 21.7 Å². The molecule has 1 aliphatic rings. The summed E-state index contributed by atoms with van der Waals surface area (Å²) >= 11 is 7.66. The molecule has 108 valence electrons. The molecule has 0 bridgehead atoms. The summed E-state index contributed by atoms with van der Waals surface area (Å²) < 4.78 is 6.44. The fourth-order valence-electron chi connectivity index (χ4n) is 2.29. The second-order valence-electron chi connectivity index (χ2n) is 5.06. The van der Waals surface area contributed by atoms with Crippen molar-refractivity contribution in [1.29, 1.82) is 0 Å². The normalized spacial score (nSPS) is 18.0. The minimum atomic E-state index is 0.270. The highest BCUT2D eigenvalue weighted by Gasteiger charge is 2.23. The van der Waals surface area contributed by atoms with Crippen LogP contribution in [0.4, 0.5) is 0 Å². The lowest BCUT2D eigenvalue weighted by atomic mass is 10.1. The number of thiazole rings is 1. The third-order valence-corrected chi connectivity index (χ3v) is 4.90. The minimum Gasteiger partial charge on any atom is -0.339 e. The van der Waals surface area contributed by atoms with E-state index in [1.54, 1.807) is 11.3 Å². The monoisotopic (exact) mass is 320 g/mol. The summed E-state index contributed by atoms with van der Waals surface area (Å²) in [6, 6.07) is 6.06. The molecule has 1 aliphatic heterocycles. The Morgan fingerprint density at radius 1 is 1.33 bits per heavy atom. The van der Waals surface area contributed by atoms with E-state index in [9.17, 15) is 0 Å². The number of rotatable bonds is 4. The number of halogens is 1. The maximum Gasteiger partial charge on any atom is 0.227 e. The van der Waals surface area contributed by atoms with Crippen molar-refractivity contribution >= 4 is 33.2 Å². The highest BCUT2D eigenvalue weighted by atomic mass is 35.5. The van der Waals surface area contributed by atoms with Gasteiger partial charge in [0, 0.05) is 17.9 Å². The molecule has 1 N–H and O–H groups in total. The molecular weight excluding hydrogens is 308 g/mol. The van der Waals surface area contributed by atoms with Crippen molar-refractivity contribution in [2.45, 2.75) is 25.3 Å². The molecule has 1 fully saturated rings. The van der Waals surface area contributed by atoms with E-state index in [1.165, 1.54) is 0 Å². The van der Waals surface area contributed by atoms with Gasteiger partial charge in [0.1, 0.15) is 0 Å². The van der Waals surface area contributed by atoms with Crippen LogP contribution in [0.5, 0.6) is 0 Å². The Bertz CT molecular complexity index is 780. The van der Waals surface area contributed by atoms with Gasteiger partial charge in [0.25, 0.3) is 0 Å². The predicted molar refractivity (Wildman–Crippen MR) is 81.7 cm³/mol. The second kappa shape index (κ2) is 5.36.